The van der Waals surface area contributed by atoms with Gasteiger partial charge in [0.2, 0.25) is 11.8 Å². The number of carbonyl (C=O) groups is 2. The summed E-state index contributed by atoms with van der Waals surface area (Å²) < 4.78 is 58.8. The lowest BCUT2D eigenvalue weighted by molar-refractivity contribution is -0.150. The van der Waals surface area contributed by atoms with Crippen LogP contribution in [0, 0.1) is 11.7 Å². The highest BCUT2D eigenvalue weighted by Gasteiger charge is 2.38. The van der Waals surface area contributed by atoms with E-state index in [9.17, 15) is 27.2 Å². The van der Waals surface area contributed by atoms with Gasteiger partial charge in [-0.2, -0.15) is 13.2 Å². The van der Waals surface area contributed by atoms with E-state index >= 15 is 0 Å². The zero-order valence-corrected chi connectivity index (χ0v) is 18.0. The monoisotopic (exact) mass is 464 g/mol. The topological polar surface area (TPSA) is 49.9 Å². The number of hydrogen-bond acceptors (Lipinski definition) is 3. The van der Waals surface area contributed by atoms with Gasteiger partial charge in [-0.25, -0.2) is 4.39 Å². The minimum Gasteiger partial charge on any atom is -0.370 e. The van der Waals surface area contributed by atoms with E-state index in [0.29, 0.717) is 17.7 Å². The number of halogens is 4. The molecule has 0 N–H and O–H groups in total. The molecule has 0 spiro atoms. The number of carbonyl (C=O) groups excluding carboxylic acids is 2. The van der Waals surface area contributed by atoms with Crippen molar-refractivity contribution in [3.63, 3.8) is 0 Å². The number of anilines is 1. The van der Waals surface area contributed by atoms with Crippen molar-refractivity contribution in [1.82, 2.24) is 4.90 Å². The molecule has 2 aromatic carbocycles. The second kappa shape index (κ2) is 9.13. The molecular formula is C24H24F4N2O3. The number of amides is 2. The molecule has 0 saturated carbocycles. The lowest BCUT2D eigenvalue weighted by Crippen LogP contribution is -2.53. The molecule has 2 saturated heterocycles. The molecule has 2 aromatic rings. The Hall–Kier alpha value is -2.94. The van der Waals surface area contributed by atoms with Crippen LogP contribution in [0.25, 0.3) is 0 Å². The molecular weight excluding hydrogens is 440 g/mol. The molecule has 2 amide bonds. The Morgan fingerprint density at radius 3 is 2.58 bits per heavy atom. The van der Waals surface area contributed by atoms with Gasteiger partial charge in [0, 0.05) is 18.7 Å². The van der Waals surface area contributed by atoms with Crippen molar-refractivity contribution >= 4 is 17.5 Å². The van der Waals surface area contributed by atoms with Gasteiger partial charge >= 0.3 is 6.18 Å². The van der Waals surface area contributed by atoms with Gasteiger partial charge in [0.25, 0.3) is 0 Å². The molecule has 0 aromatic heterocycles. The molecule has 2 fully saturated rings. The van der Waals surface area contributed by atoms with Crippen molar-refractivity contribution in [3.8, 4) is 0 Å². The summed E-state index contributed by atoms with van der Waals surface area (Å²) in [4.78, 5) is 28.9. The van der Waals surface area contributed by atoms with Crippen molar-refractivity contribution < 1.29 is 31.9 Å². The van der Waals surface area contributed by atoms with Gasteiger partial charge in [-0.3, -0.25) is 9.59 Å². The van der Waals surface area contributed by atoms with E-state index in [4.69, 9.17) is 4.74 Å². The standard InChI is InChI=1S/C24H24F4N2O3/c1-15-14-33-21(16-4-2-5-18(10-16)24(26,27)28)13-29(15)23(32)17-8-9-22(31)30(12-17)20-7-3-6-19(25)11-20/h2-7,10-11,15,17,21H,8-9,12-14H2,1H3. The second-order valence-corrected chi connectivity index (χ2v) is 8.50. The Labute approximate surface area is 188 Å². The molecule has 2 aliphatic rings. The van der Waals surface area contributed by atoms with E-state index in [-0.39, 0.29) is 44.0 Å². The van der Waals surface area contributed by atoms with E-state index in [1.54, 1.807) is 17.0 Å². The molecule has 0 bridgehead atoms. The summed E-state index contributed by atoms with van der Waals surface area (Å²) in [5.41, 5.74) is -0.0132. The highest BCUT2D eigenvalue weighted by molar-refractivity contribution is 5.96. The van der Waals surface area contributed by atoms with Crippen LogP contribution in [0.2, 0.25) is 0 Å². The van der Waals surface area contributed by atoms with Crippen LogP contribution in [0.3, 0.4) is 0 Å². The quantitative estimate of drug-likeness (QED) is 0.625. The summed E-state index contributed by atoms with van der Waals surface area (Å²) in [6.45, 7) is 2.25. The Bertz CT molecular complexity index is 1040. The molecule has 0 aliphatic carbocycles. The first-order valence-electron chi connectivity index (χ1n) is 10.8. The number of rotatable bonds is 3. The van der Waals surface area contributed by atoms with Crippen molar-refractivity contribution in [2.75, 3.05) is 24.6 Å². The van der Waals surface area contributed by atoms with Gasteiger partial charge in [-0.15, -0.1) is 0 Å². The van der Waals surface area contributed by atoms with Crippen molar-refractivity contribution in [2.24, 2.45) is 5.92 Å². The molecule has 5 nitrogen and oxygen atoms in total. The number of alkyl halides is 3. The SMILES string of the molecule is CC1COC(c2cccc(C(F)(F)F)c2)CN1C(=O)C1CCC(=O)N(c2cccc(F)c2)C1. The van der Waals surface area contributed by atoms with Crippen molar-refractivity contribution in [2.45, 2.75) is 38.1 Å². The lowest BCUT2D eigenvalue weighted by Gasteiger charge is -2.41. The van der Waals surface area contributed by atoms with E-state index in [2.05, 4.69) is 0 Å². The van der Waals surface area contributed by atoms with Crippen LogP contribution in [-0.4, -0.2) is 42.5 Å². The average molecular weight is 464 g/mol. The predicted molar refractivity (Wildman–Crippen MR) is 113 cm³/mol. The summed E-state index contributed by atoms with van der Waals surface area (Å²) in [5, 5.41) is 0. The van der Waals surface area contributed by atoms with Crippen LogP contribution in [0.4, 0.5) is 23.2 Å². The molecule has 2 aliphatic heterocycles. The molecule has 3 atom stereocenters. The van der Waals surface area contributed by atoms with Crippen molar-refractivity contribution in [3.05, 3.63) is 65.5 Å². The average Bonchev–Trinajstić information content (AvgIpc) is 2.79. The number of nitrogens with zero attached hydrogens (tertiary/aromatic N) is 2. The normalized spacial score (nSPS) is 24.2. The van der Waals surface area contributed by atoms with E-state index in [1.807, 2.05) is 6.92 Å². The summed E-state index contributed by atoms with van der Waals surface area (Å²) in [6.07, 6.45) is -4.63. The summed E-state index contributed by atoms with van der Waals surface area (Å²) in [6, 6.07) is 10.3. The van der Waals surface area contributed by atoms with Crippen LogP contribution in [0.5, 0.6) is 0 Å². The van der Waals surface area contributed by atoms with Crippen molar-refractivity contribution in [1.29, 1.82) is 0 Å². The maximum Gasteiger partial charge on any atom is 0.416 e. The fourth-order valence-electron chi connectivity index (χ4n) is 4.36. The number of piperidine rings is 1. The van der Waals surface area contributed by atoms with Gasteiger partial charge in [0.05, 0.1) is 30.7 Å². The van der Waals surface area contributed by atoms with Crippen LogP contribution in [-0.2, 0) is 20.5 Å². The first kappa shape index (κ1) is 23.2. The highest BCUT2D eigenvalue weighted by atomic mass is 19.4. The van der Waals surface area contributed by atoms with Crippen LogP contribution < -0.4 is 4.90 Å². The maximum absolute atomic E-state index is 13.7. The number of hydrogen-bond donors (Lipinski definition) is 0. The number of ether oxygens (including phenoxy) is 1. The third kappa shape index (κ3) is 5.03. The molecule has 0 radical (unpaired) electrons. The molecule has 3 unspecified atom stereocenters. The maximum atomic E-state index is 13.7. The summed E-state index contributed by atoms with van der Waals surface area (Å²) in [5.74, 6) is -1.33. The van der Waals surface area contributed by atoms with E-state index in [1.165, 1.54) is 29.2 Å². The first-order chi connectivity index (χ1) is 15.6. The number of morpholine rings is 1. The van der Waals surface area contributed by atoms with Gasteiger partial charge in [0.1, 0.15) is 11.9 Å². The Balaban J connectivity index is 1.50. The molecule has 4 rings (SSSR count). The minimum absolute atomic E-state index is 0.117. The summed E-state index contributed by atoms with van der Waals surface area (Å²) >= 11 is 0. The second-order valence-electron chi connectivity index (χ2n) is 8.50. The number of benzene rings is 2. The Morgan fingerprint density at radius 2 is 1.85 bits per heavy atom. The molecule has 2 heterocycles. The van der Waals surface area contributed by atoms with Gasteiger partial charge in [-0.05, 0) is 49.2 Å². The highest BCUT2D eigenvalue weighted by Crippen LogP contribution is 2.34. The third-order valence-corrected chi connectivity index (χ3v) is 6.18. The molecule has 33 heavy (non-hydrogen) atoms. The molecule has 9 heteroatoms. The smallest absolute Gasteiger partial charge is 0.370 e. The first-order valence-corrected chi connectivity index (χ1v) is 10.8. The lowest BCUT2D eigenvalue weighted by atomic mass is 9.94. The van der Waals surface area contributed by atoms with E-state index in [0.717, 1.165) is 12.1 Å². The minimum atomic E-state index is -4.47. The predicted octanol–water partition coefficient (Wildman–Crippen LogP) is 4.58. The van der Waals surface area contributed by atoms with Crippen LogP contribution >= 0.6 is 0 Å². The van der Waals surface area contributed by atoms with E-state index < -0.39 is 29.6 Å². The fourth-order valence-corrected chi connectivity index (χ4v) is 4.36. The fraction of sp³-hybridized carbons (Fsp3) is 0.417. The third-order valence-electron chi connectivity index (χ3n) is 6.18. The van der Waals surface area contributed by atoms with Gasteiger partial charge < -0.3 is 14.5 Å². The Kier molecular flexibility index (Phi) is 6.43. The van der Waals surface area contributed by atoms with Crippen LogP contribution in [0.1, 0.15) is 37.0 Å². The van der Waals surface area contributed by atoms with Gasteiger partial charge in [0.15, 0.2) is 0 Å². The Morgan fingerprint density at radius 1 is 1.09 bits per heavy atom. The van der Waals surface area contributed by atoms with Crippen LogP contribution in [0.15, 0.2) is 48.5 Å². The van der Waals surface area contributed by atoms with Gasteiger partial charge in [-0.1, -0.05) is 18.2 Å². The molecule has 176 valence electrons. The zero-order chi connectivity index (χ0) is 23.8. The zero-order valence-electron chi connectivity index (χ0n) is 18.0. The summed E-state index contributed by atoms with van der Waals surface area (Å²) in [7, 11) is 0. The largest absolute Gasteiger partial charge is 0.416 e.